The van der Waals surface area contributed by atoms with Crippen LogP contribution in [0, 0.1) is 10.8 Å². The highest BCUT2D eigenvalue weighted by Gasteiger charge is 2.32. The molecule has 0 saturated carbocycles. The molecule has 0 aromatic heterocycles. The number of ether oxygens (including phenoxy) is 2. The highest BCUT2D eigenvalue weighted by Crippen LogP contribution is 2.30. The van der Waals surface area contributed by atoms with Gasteiger partial charge in [0.1, 0.15) is 18.7 Å². The van der Waals surface area contributed by atoms with Crippen LogP contribution >= 0.6 is 0 Å². The second-order valence-electron chi connectivity index (χ2n) is 12.4. The number of hydrogen-bond donors (Lipinski definition) is 2. The highest BCUT2D eigenvalue weighted by atomic mass is 16.6. The number of carbonyl (C=O) groups is 4. The van der Waals surface area contributed by atoms with E-state index in [9.17, 15) is 19.2 Å². The van der Waals surface area contributed by atoms with Gasteiger partial charge in [0.05, 0.1) is 18.7 Å². The minimum Gasteiger partial charge on any atom is -0.449 e. The molecule has 2 amide bonds. The maximum atomic E-state index is 12.7. The monoisotopic (exact) mass is 529 g/mol. The lowest BCUT2D eigenvalue weighted by molar-refractivity contribution is -0.111. The van der Waals surface area contributed by atoms with Gasteiger partial charge in [0.25, 0.3) is 0 Å². The Morgan fingerprint density at radius 1 is 1.16 bits per heavy atom. The first-order chi connectivity index (χ1) is 17.9. The first-order valence-corrected chi connectivity index (χ1v) is 13.5. The van der Waals surface area contributed by atoms with Crippen molar-refractivity contribution in [1.29, 1.82) is 0 Å². The number of benzene rings is 1. The van der Waals surface area contributed by atoms with E-state index < -0.39 is 12.1 Å². The number of amides is 2. The number of carbonyl (C=O) groups excluding carboxylic acids is 4. The van der Waals surface area contributed by atoms with Crippen molar-refractivity contribution in [3.8, 4) is 0 Å². The van der Waals surface area contributed by atoms with Crippen molar-refractivity contribution in [2.45, 2.75) is 98.0 Å². The summed E-state index contributed by atoms with van der Waals surface area (Å²) in [6, 6.07) is 5.39. The summed E-state index contributed by atoms with van der Waals surface area (Å²) in [5.74, 6) is 0. The SMILES string of the molecule is CC(C)(CCCCc1cccc2c1CN(C(=O)O[C@H]1CN[C@H](C=O)C1)C2)COC(=O)NC(C=O)C(C)(C)C. The smallest absolute Gasteiger partial charge is 0.410 e. The van der Waals surface area contributed by atoms with Gasteiger partial charge in [-0.3, -0.25) is 4.90 Å². The summed E-state index contributed by atoms with van der Waals surface area (Å²) < 4.78 is 11.1. The number of rotatable bonds is 11. The van der Waals surface area contributed by atoms with E-state index in [-0.39, 0.29) is 35.7 Å². The topological polar surface area (TPSA) is 114 Å². The molecule has 0 aliphatic carbocycles. The van der Waals surface area contributed by atoms with Gasteiger partial charge < -0.3 is 29.7 Å². The molecular weight excluding hydrogens is 486 g/mol. The Bertz CT molecular complexity index is 1000. The standard InChI is InChI=1S/C29H43N3O6/c1-28(2,3)25(18-34)31-26(35)37-19-29(4,5)12-7-6-9-20-10-8-11-21-15-32(16-24(20)21)27(36)38-23-13-22(17-33)30-14-23/h8,10-11,17-18,22-23,25,30H,6-7,9,12-16,19H2,1-5H3,(H,31,35)/t22-,23+,25?/m0/s1. The van der Waals surface area contributed by atoms with Gasteiger partial charge in [0, 0.05) is 26.1 Å². The molecule has 2 heterocycles. The lowest BCUT2D eigenvalue weighted by Gasteiger charge is -2.28. The Labute approximate surface area is 226 Å². The van der Waals surface area contributed by atoms with Crippen LogP contribution in [0.25, 0.3) is 0 Å². The molecular formula is C29H43N3O6. The van der Waals surface area contributed by atoms with Crippen LogP contribution in [-0.4, -0.2) is 61.0 Å². The molecule has 38 heavy (non-hydrogen) atoms. The Kier molecular flexibility index (Phi) is 9.93. The van der Waals surface area contributed by atoms with Crippen LogP contribution in [0.5, 0.6) is 0 Å². The quantitative estimate of drug-likeness (QED) is 0.327. The zero-order valence-electron chi connectivity index (χ0n) is 23.4. The third kappa shape index (κ3) is 8.28. The average Bonchev–Trinajstić information content (AvgIpc) is 3.50. The molecule has 3 rings (SSSR count). The van der Waals surface area contributed by atoms with Crippen molar-refractivity contribution in [2.24, 2.45) is 10.8 Å². The van der Waals surface area contributed by atoms with Crippen LogP contribution in [0.1, 0.15) is 77.0 Å². The van der Waals surface area contributed by atoms with Gasteiger partial charge in [-0.05, 0) is 46.8 Å². The second-order valence-corrected chi connectivity index (χ2v) is 12.4. The number of aryl methyl sites for hydroxylation is 1. The Morgan fingerprint density at radius 3 is 2.58 bits per heavy atom. The molecule has 2 aliphatic heterocycles. The van der Waals surface area contributed by atoms with Crippen molar-refractivity contribution in [2.75, 3.05) is 13.2 Å². The van der Waals surface area contributed by atoms with Crippen molar-refractivity contribution >= 4 is 24.8 Å². The van der Waals surface area contributed by atoms with E-state index in [0.29, 0.717) is 26.1 Å². The van der Waals surface area contributed by atoms with Gasteiger partial charge in [-0.2, -0.15) is 0 Å². The lowest BCUT2D eigenvalue weighted by atomic mass is 9.87. The van der Waals surface area contributed by atoms with E-state index in [1.807, 2.05) is 26.8 Å². The van der Waals surface area contributed by atoms with E-state index in [1.165, 1.54) is 11.1 Å². The molecule has 9 heteroatoms. The fourth-order valence-electron chi connectivity index (χ4n) is 4.87. The number of hydrogen-bond acceptors (Lipinski definition) is 7. The molecule has 3 atom stereocenters. The van der Waals surface area contributed by atoms with Gasteiger partial charge in [-0.15, -0.1) is 0 Å². The maximum Gasteiger partial charge on any atom is 0.410 e. The van der Waals surface area contributed by atoms with Crippen LogP contribution in [0.4, 0.5) is 9.59 Å². The molecule has 1 fully saturated rings. The summed E-state index contributed by atoms with van der Waals surface area (Å²) in [4.78, 5) is 48.8. The minimum absolute atomic E-state index is 0.188. The molecule has 0 spiro atoms. The third-order valence-electron chi connectivity index (χ3n) is 7.38. The number of nitrogens with zero attached hydrogens (tertiary/aromatic N) is 1. The molecule has 0 bridgehead atoms. The Balaban J connectivity index is 1.42. The van der Waals surface area contributed by atoms with E-state index in [1.54, 1.807) is 4.90 Å². The molecule has 9 nitrogen and oxygen atoms in total. The lowest BCUT2D eigenvalue weighted by Crippen LogP contribution is -2.45. The Hall–Kier alpha value is -2.94. The van der Waals surface area contributed by atoms with Crippen LogP contribution in [0.3, 0.4) is 0 Å². The first kappa shape index (κ1) is 29.6. The van der Waals surface area contributed by atoms with Gasteiger partial charge in [0.2, 0.25) is 0 Å². The molecule has 0 radical (unpaired) electrons. The number of fused-ring (bicyclic) bond motifs is 1. The number of aldehydes is 2. The van der Waals surface area contributed by atoms with Gasteiger partial charge >= 0.3 is 12.2 Å². The molecule has 1 aromatic rings. The van der Waals surface area contributed by atoms with Gasteiger partial charge in [-0.25, -0.2) is 9.59 Å². The number of alkyl carbamates (subject to hydrolysis) is 1. The van der Waals surface area contributed by atoms with E-state index in [2.05, 4.69) is 36.6 Å². The molecule has 2 N–H and O–H groups in total. The minimum atomic E-state index is -0.599. The fraction of sp³-hybridized carbons (Fsp3) is 0.655. The second kappa shape index (κ2) is 12.7. The van der Waals surface area contributed by atoms with Crippen molar-refractivity contribution in [3.05, 3.63) is 34.9 Å². The molecule has 2 aliphatic rings. The zero-order chi connectivity index (χ0) is 27.9. The summed E-state index contributed by atoms with van der Waals surface area (Å²) in [5, 5.41) is 5.69. The normalized spacial score (nSPS) is 20.0. The van der Waals surface area contributed by atoms with Crippen molar-refractivity contribution in [3.63, 3.8) is 0 Å². The van der Waals surface area contributed by atoms with Crippen LogP contribution in [0.15, 0.2) is 18.2 Å². The summed E-state index contributed by atoms with van der Waals surface area (Å²) in [6.07, 6.45) is 4.69. The van der Waals surface area contributed by atoms with E-state index in [4.69, 9.17) is 9.47 Å². The summed E-state index contributed by atoms with van der Waals surface area (Å²) >= 11 is 0. The first-order valence-electron chi connectivity index (χ1n) is 13.5. The summed E-state index contributed by atoms with van der Waals surface area (Å²) in [7, 11) is 0. The summed E-state index contributed by atoms with van der Waals surface area (Å²) in [6.45, 7) is 11.7. The van der Waals surface area contributed by atoms with Gasteiger partial charge in [-0.1, -0.05) is 59.2 Å². The number of unbranched alkanes of at least 4 members (excludes halogenated alkanes) is 1. The van der Waals surface area contributed by atoms with E-state index in [0.717, 1.165) is 43.8 Å². The van der Waals surface area contributed by atoms with Crippen molar-refractivity contribution < 1.29 is 28.7 Å². The van der Waals surface area contributed by atoms with Crippen molar-refractivity contribution in [1.82, 2.24) is 15.5 Å². The fourth-order valence-corrected chi connectivity index (χ4v) is 4.87. The largest absolute Gasteiger partial charge is 0.449 e. The summed E-state index contributed by atoms with van der Waals surface area (Å²) in [5.41, 5.74) is 3.03. The zero-order valence-corrected chi connectivity index (χ0v) is 23.4. The van der Waals surface area contributed by atoms with E-state index >= 15 is 0 Å². The van der Waals surface area contributed by atoms with Gasteiger partial charge in [0.15, 0.2) is 0 Å². The molecule has 1 unspecified atom stereocenters. The maximum absolute atomic E-state index is 12.7. The molecule has 1 saturated heterocycles. The third-order valence-corrected chi connectivity index (χ3v) is 7.38. The highest BCUT2D eigenvalue weighted by molar-refractivity contribution is 5.73. The van der Waals surface area contributed by atoms with Crippen LogP contribution < -0.4 is 10.6 Å². The van der Waals surface area contributed by atoms with Crippen LogP contribution in [0.2, 0.25) is 0 Å². The Morgan fingerprint density at radius 2 is 1.92 bits per heavy atom. The molecule has 210 valence electrons. The number of nitrogens with one attached hydrogen (secondary N) is 2. The predicted molar refractivity (Wildman–Crippen MR) is 144 cm³/mol. The predicted octanol–water partition coefficient (Wildman–Crippen LogP) is 4.15. The average molecular weight is 530 g/mol. The molecule has 1 aromatic carbocycles. The van der Waals surface area contributed by atoms with Crippen LogP contribution in [-0.2, 0) is 38.6 Å².